The molecular weight excluding hydrogens is 154 g/mol. The van der Waals surface area contributed by atoms with E-state index in [0.717, 1.165) is 0 Å². The molecule has 0 spiro atoms. The molecule has 0 radical (unpaired) electrons. The van der Waals surface area contributed by atoms with Crippen molar-refractivity contribution in [2.75, 3.05) is 6.61 Å². The minimum absolute atomic E-state index is 0.0552. The highest BCUT2D eigenvalue weighted by Gasteiger charge is 2.00. The largest absolute Gasteiger partial charge is 0.473 e. The number of aromatic nitrogens is 1. The predicted molar refractivity (Wildman–Crippen MR) is 45.9 cm³/mol. The number of aliphatic hydroxyl groups excluding tert-OH is 1. The second-order valence-corrected chi connectivity index (χ2v) is 2.23. The Labute approximate surface area is 71.3 Å². The molecule has 0 amide bonds. The smallest absolute Gasteiger partial charge is 0.219 e. The molecular formula is C9H11NO2. The van der Waals surface area contributed by atoms with E-state index in [1.807, 2.05) is 0 Å². The Kier molecular flexibility index (Phi) is 3.29. The molecule has 1 rings (SSSR count). The Morgan fingerprint density at radius 2 is 2.50 bits per heavy atom. The molecule has 0 aliphatic rings. The Hall–Kier alpha value is -1.35. The number of aliphatic hydroxyl groups is 1. The predicted octanol–water partition coefficient (Wildman–Crippen LogP) is 1.14. The number of rotatable bonds is 4. The Morgan fingerprint density at radius 1 is 1.67 bits per heavy atom. The summed E-state index contributed by atoms with van der Waals surface area (Å²) in [5.41, 5.74) is 0.694. The third-order valence-electron chi connectivity index (χ3n) is 1.36. The lowest BCUT2D eigenvalue weighted by Gasteiger charge is -2.05. The summed E-state index contributed by atoms with van der Waals surface area (Å²) < 4.78 is 5.19. The van der Waals surface area contributed by atoms with Crippen molar-refractivity contribution in [2.45, 2.75) is 6.61 Å². The van der Waals surface area contributed by atoms with Crippen LogP contribution in [0, 0.1) is 0 Å². The molecule has 1 aromatic rings. The van der Waals surface area contributed by atoms with Crippen LogP contribution in [-0.2, 0) is 6.61 Å². The monoisotopic (exact) mass is 165 g/mol. The maximum absolute atomic E-state index is 8.87. The first-order valence-corrected chi connectivity index (χ1v) is 3.67. The van der Waals surface area contributed by atoms with Gasteiger partial charge in [0.05, 0.1) is 6.61 Å². The summed E-state index contributed by atoms with van der Waals surface area (Å²) in [5, 5.41) is 8.87. The Balaban J connectivity index is 2.74. The second kappa shape index (κ2) is 4.51. The van der Waals surface area contributed by atoms with Crippen molar-refractivity contribution in [1.82, 2.24) is 4.98 Å². The zero-order chi connectivity index (χ0) is 8.81. The molecule has 0 fully saturated rings. The fourth-order valence-electron chi connectivity index (χ4n) is 0.812. The highest BCUT2D eigenvalue weighted by molar-refractivity contribution is 5.24. The van der Waals surface area contributed by atoms with Gasteiger partial charge >= 0.3 is 0 Å². The lowest BCUT2D eigenvalue weighted by molar-refractivity contribution is 0.266. The lowest BCUT2D eigenvalue weighted by atomic mass is 10.3. The molecule has 0 bridgehead atoms. The number of hydrogen-bond acceptors (Lipinski definition) is 3. The van der Waals surface area contributed by atoms with Crippen molar-refractivity contribution >= 4 is 0 Å². The van der Waals surface area contributed by atoms with Crippen LogP contribution >= 0.6 is 0 Å². The summed E-state index contributed by atoms with van der Waals surface area (Å²) in [7, 11) is 0. The van der Waals surface area contributed by atoms with Crippen LogP contribution in [0.3, 0.4) is 0 Å². The van der Waals surface area contributed by atoms with Crippen LogP contribution < -0.4 is 4.74 Å². The van der Waals surface area contributed by atoms with E-state index >= 15 is 0 Å². The summed E-state index contributed by atoms with van der Waals surface area (Å²) in [4.78, 5) is 3.96. The van der Waals surface area contributed by atoms with Crippen molar-refractivity contribution in [3.05, 3.63) is 36.5 Å². The molecule has 1 heterocycles. The van der Waals surface area contributed by atoms with Gasteiger partial charge in [-0.2, -0.15) is 0 Å². The van der Waals surface area contributed by atoms with Crippen LogP contribution in [-0.4, -0.2) is 16.7 Å². The van der Waals surface area contributed by atoms with E-state index in [1.165, 1.54) is 0 Å². The first-order valence-electron chi connectivity index (χ1n) is 3.67. The van der Waals surface area contributed by atoms with Gasteiger partial charge in [0.15, 0.2) is 0 Å². The van der Waals surface area contributed by atoms with E-state index in [2.05, 4.69) is 11.6 Å². The SMILES string of the molecule is C=CCOc1ncccc1CO. The second-order valence-electron chi connectivity index (χ2n) is 2.23. The van der Waals surface area contributed by atoms with E-state index in [-0.39, 0.29) is 6.61 Å². The van der Waals surface area contributed by atoms with Gasteiger partial charge in [0, 0.05) is 11.8 Å². The zero-order valence-electron chi connectivity index (χ0n) is 6.73. The van der Waals surface area contributed by atoms with Crippen molar-refractivity contribution in [1.29, 1.82) is 0 Å². The highest BCUT2D eigenvalue weighted by Crippen LogP contribution is 2.13. The van der Waals surface area contributed by atoms with Crippen molar-refractivity contribution < 1.29 is 9.84 Å². The van der Waals surface area contributed by atoms with Crippen LogP contribution in [0.15, 0.2) is 31.0 Å². The van der Waals surface area contributed by atoms with Crippen molar-refractivity contribution in [3.8, 4) is 5.88 Å². The molecule has 64 valence electrons. The molecule has 0 aliphatic carbocycles. The summed E-state index contributed by atoms with van der Waals surface area (Å²) in [6.07, 6.45) is 3.26. The molecule has 1 N–H and O–H groups in total. The average molecular weight is 165 g/mol. The molecule has 0 unspecified atom stereocenters. The van der Waals surface area contributed by atoms with E-state index in [1.54, 1.807) is 24.4 Å². The molecule has 1 aromatic heterocycles. The summed E-state index contributed by atoms with van der Waals surface area (Å²) in [6.45, 7) is 3.87. The van der Waals surface area contributed by atoms with Gasteiger partial charge in [-0.3, -0.25) is 0 Å². The van der Waals surface area contributed by atoms with Crippen molar-refractivity contribution in [2.24, 2.45) is 0 Å². The average Bonchev–Trinajstić information content (AvgIpc) is 2.15. The molecule has 0 saturated heterocycles. The lowest BCUT2D eigenvalue weighted by Crippen LogP contribution is -1.99. The maximum Gasteiger partial charge on any atom is 0.219 e. The first kappa shape index (κ1) is 8.74. The molecule has 3 nitrogen and oxygen atoms in total. The molecule has 0 saturated carbocycles. The van der Waals surface area contributed by atoms with Gasteiger partial charge in [-0.1, -0.05) is 12.7 Å². The van der Waals surface area contributed by atoms with Gasteiger partial charge in [-0.15, -0.1) is 0 Å². The molecule has 12 heavy (non-hydrogen) atoms. The van der Waals surface area contributed by atoms with Crippen LogP contribution in [0.5, 0.6) is 5.88 Å². The fraction of sp³-hybridized carbons (Fsp3) is 0.222. The highest BCUT2D eigenvalue weighted by atomic mass is 16.5. The van der Waals surface area contributed by atoms with Crippen LogP contribution in [0.25, 0.3) is 0 Å². The number of hydrogen-bond donors (Lipinski definition) is 1. The maximum atomic E-state index is 8.87. The van der Waals surface area contributed by atoms with Crippen LogP contribution in [0.2, 0.25) is 0 Å². The zero-order valence-corrected chi connectivity index (χ0v) is 6.73. The normalized spacial score (nSPS) is 9.42. The minimum atomic E-state index is -0.0552. The van der Waals surface area contributed by atoms with E-state index in [9.17, 15) is 0 Å². The Morgan fingerprint density at radius 3 is 3.17 bits per heavy atom. The van der Waals surface area contributed by atoms with Gasteiger partial charge in [-0.25, -0.2) is 4.98 Å². The van der Waals surface area contributed by atoms with E-state index in [4.69, 9.17) is 9.84 Å². The summed E-state index contributed by atoms with van der Waals surface area (Å²) in [5.74, 6) is 0.472. The number of pyridine rings is 1. The number of ether oxygens (including phenoxy) is 1. The quantitative estimate of drug-likeness (QED) is 0.680. The van der Waals surface area contributed by atoms with Gasteiger partial charge in [0.25, 0.3) is 0 Å². The standard InChI is InChI=1S/C9H11NO2/c1-2-6-12-9-8(7-11)4-3-5-10-9/h2-5,11H,1,6-7H2. The fourth-order valence-corrected chi connectivity index (χ4v) is 0.812. The van der Waals surface area contributed by atoms with Gasteiger partial charge in [0.2, 0.25) is 5.88 Å². The van der Waals surface area contributed by atoms with Crippen LogP contribution in [0.4, 0.5) is 0 Å². The third-order valence-corrected chi connectivity index (χ3v) is 1.36. The van der Waals surface area contributed by atoms with Gasteiger partial charge in [0.1, 0.15) is 6.61 Å². The Bertz CT molecular complexity index is 260. The molecule has 3 heteroatoms. The first-order chi connectivity index (χ1) is 5.88. The summed E-state index contributed by atoms with van der Waals surface area (Å²) >= 11 is 0. The van der Waals surface area contributed by atoms with E-state index in [0.29, 0.717) is 18.1 Å². The molecule has 0 aliphatic heterocycles. The third kappa shape index (κ3) is 2.07. The van der Waals surface area contributed by atoms with Gasteiger partial charge in [-0.05, 0) is 12.1 Å². The molecule has 0 aromatic carbocycles. The minimum Gasteiger partial charge on any atom is -0.473 e. The van der Waals surface area contributed by atoms with E-state index < -0.39 is 0 Å². The topological polar surface area (TPSA) is 42.4 Å². The number of nitrogens with zero attached hydrogens (tertiary/aromatic N) is 1. The summed E-state index contributed by atoms with van der Waals surface area (Å²) in [6, 6.07) is 3.53. The van der Waals surface area contributed by atoms with Crippen molar-refractivity contribution in [3.63, 3.8) is 0 Å². The molecule has 0 atom stereocenters. The van der Waals surface area contributed by atoms with Crippen LogP contribution in [0.1, 0.15) is 5.56 Å². The van der Waals surface area contributed by atoms with Gasteiger partial charge < -0.3 is 9.84 Å².